The van der Waals surface area contributed by atoms with Crippen LogP contribution in [0.2, 0.25) is 0 Å². The minimum Gasteiger partial charge on any atom is -0.308 e. The van der Waals surface area contributed by atoms with Crippen LogP contribution < -0.4 is 5.32 Å². The first kappa shape index (κ1) is 12.2. The van der Waals surface area contributed by atoms with Crippen molar-refractivity contribution in [2.75, 3.05) is 6.54 Å². The van der Waals surface area contributed by atoms with Gasteiger partial charge in [-0.25, -0.2) is 0 Å². The van der Waals surface area contributed by atoms with Crippen LogP contribution in [0, 0.1) is 0 Å². The lowest BCUT2D eigenvalue weighted by Crippen LogP contribution is -2.21. The van der Waals surface area contributed by atoms with E-state index in [1.54, 1.807) is 17.5 Å². The van der Waals surface area contributed by atoms with Gasteiger partial charge in [-0.3, -0.25) is 5.10 Å². The monoisotopic (exact) mass is 251 g/mol. The van der Waals surface area contributed by atoms with Gasteiger partial charge in [-0.2, -0.15) is 5.10 Å². The van der Waals surface area contributed by atoms with Crippen molar-refractivity contribution in [3.63, 3.8) is 0 Å². The standard InChI is InChI=1S/C11H17N5S/c1-3-6-12-8(4-2)10-15-16-11(17-10)9-5-7-13-14-9/h5,7-8,12H,3-4,6H2,1-2H3,(H,13,14). The molecule has 0 saturated heterocycles. The van der Waals surface area contributed by atoms with E-state index in [1.165, 1.54) is 0 Å². The summed E-state index contributed by atoms with van der Waals surface area (Å²) in [6.07, 6.45) is 3.88. The molecule has 1 unspecified atom stereocenters. The summed E-state index contributed by atoms with van der Waals surface area (Å²) in [5.41, 5.74) is 0.930. The lowest BCUT2D eigenvalue weighted by molar-refractivity contribution is 0.513. The van der Waals surface area contributed by atoms with E-state index >= 15 is 0 Å². The van der Waals surface area contributed by atoms with Gasteiger partial charge < -0.3 is 5.32 Å². The van der Waals surface area contributed by atoms with Crippen LogP contribution in [0.3, 0.4) is 0 Å². The Morgan fingerprint density at radius 2 is 2.29 bits per heavy atom. The van der Waals surface area contributed by atoms with Gasteiger partial charge in [0.2, 0.25) is 0 Å². The lowest BCUT2D eigenvalue weighted by atomic mass is 10.2. The molecule has 0 aliphatic heterocycles. The van der Waals surface area contributed by atoms with Crippen molar-refractivity contribution in [2.45, 2.75) is 32.7 Å². The third kappa shape index (κ3) is 2.89. The molecular formula is C11H17N5S. The minimum atomic E-state index is 0.309. The molecule has 0 spiro atoms. The average Bonchev–Trinajstić information content (AvgIpc) is 3.00. The van der Waals surface area contributed by atoms with E-state index in [4.69, 9.17) is 0 Å². The zero-order chi connectivity index (χ0) is 12.1. The zero-order valence-electron chi connectivity index (χ0n) is 10.1. The Labute approximate surface area is 105 Å². The summed E-state index contributed by atoms with van der Waals surface area (Å²) >= 11 is 1.62. The fourth-order valence-electron chi connectivity index (χ4n) is 1.58. The number of rotatable bonds is 6. The molecule has 0 aliphatic rings. The minimum absolute atomic E-state index is 0.309. The first-order valence-electron chi connectivity index (χ1n) is 5.91. The molecule has 2 N–H and O–H groups in total. The van der Waals surface area contributed by atoms with Crippen LogP contribution in [0.25, 0.3) is 10.7 Å². The summed E-state index contributed by atoms with van der Waals surface area (Å²) in [6, 6.07) is 2.22. The Morgan fingerprint density at radius 1 is 1.41 bits per heavy atom. The van der Waals surface area contributed by atoms with Crippen molar-refractivity contribution < 1.29 is 0 Å². The largest absolute Gasteiger partial charge is 0.308 e. The molecule has 2 aromatic heterocycles. The van der Waals surface area contributed by atoms with E-state index in [2.05, 4.69) is 39.6 Å². The Hall–Kier alpha value is -1.27. The zero-order valence-corrected chi connectivity index (χ0v) is 10.9. The second kappa shape index (κ2) is 5.88. The molecule has 0 radical (unpaired) electrons. The number of aromatic nitrogens is 4. The fourth-order valence-corrected chi connectivity index (χ4v) is 2.56. The van der Waals surface area contributed by atoms with Crippen molar-refractivity contribution in [2.24, 2.45) is 0 Å². The maximum Gasteiger partial charge on any atom is 0.165 e. The van der Waals surface area contributed by atoms with E-state index in [0.717, 1.165) is 35.1 Å². The maximum atomic E-state index is 4.25. The van der Waals surface area contributed by atoms with Gasteiger partial charge in [0.25, 0.3) is 0 Å². The van der Waals surface area contributed by atoms with Crippen LogP contribution in [-0.4, -0.2) is 26.9 Å². The van der Waals surface area contributed by atoms with Gasteiger partial charge in [-0.15, -0.1) is 10.2 Å². The summed E-state index contributed by atoms with van der Waals surface area (Å²) in [4.78, 5) is 0. The first-order valence-corrected chi connectivity index (χ1v) is 6.73. The highest BCUT2D eigenvalue weighted by Crippen LogP contribution is 2.26. The van der Waals surface area contributed by atoms with Gasteiger partial charge in [0.1, 0.15) is 5.01 Å². The number of aromatic amines is 1. The van der Waals surface area contributed by atoms with Crippen molar-refractivity contribution in [3.8, 4) is 10.7 Å². The molecule has 0 fully saturated rings. The van der Waals surface area contributed by atoms with Gasteiger partial charge >= 0.3 is 0 Å². The Morgan fingerprint density at radius 3 is 2.94 bits per heavy atom. The number of nitrogens with one attached hydrogen (secondary N) is 2. The Bertz CT molecular complexity index is 436. The van der Waals surface area contributed by atoms with Gasteiger partial charge in [-0.1, -0.05) is 25.2 Å². The third-order valence-electron chi connectivity index (χ3n) is 2.52. The van der Waals surface area contributed by atoms with Gasteiger partial charge in [-0.05, 0) is 25.5 Å². The summed E-state index contributed by atoms with van der Waals surface area (Å²) < 4.78 is 0. The summed E-state index contributed by atoms with van der Waals surface area (Å²) in [6.45, 7) is 5.33. The second-order valence-electron chi connectivity index (χ2n) is 3.83. The number of hydrogen-bond donors (Lipinski definition) is 2. The molecule has 1 atom stereocenters. The van der Waals surface area contributed by atoms with Crippen molar-refractivity contribution >= 4 is 11.3 Å². The predicted molar refractivity (Wildman–Crippen MR) is 68.8 cm³/mol. The number of hydrogen-bond acceptors (Lipinski definition) is 5. The van der Waals surface area contributed by atoms with Crippen LogP contribution in [0.4, 0.5) is 0 Å². The van der Waals surface area contributed by atoms with E-state index in [0.29, 0.717) is 6.04 Å². The molecule has 0 aromatic carbocycles. The highest BCUT2D eigenvalue weighted by atomic mass is 32.1. The van der Waals surface area contributed by atoms with Crippen molar-refractivity contribution in [1.29, 1.82) is 0 Å². The number of nitrogens with zero attached hydrogens (tertiary/aromatic N) is 3. The Kier molecular flexibility index (Phi) is 4.22. The molecule has 2 rings (SSSR count). The van der Waals surface area contributed by atoms with Crippen LogP contribution in [0.5, 0.6) is 0 Å². The SMILES string of the molecule is CCCNC(CC)c1nnc(-c2ccn[nH]2)s1. The summed E-state index contributed by atoms with van der Waals surface area (Å²) in [5.74, 6) is 0. The van der Waals surface area contributed by atoms with E-state index in [-0.39, 0.29) is 0 Å². The van der Waals surface area contributed by atoms with Crippen LogP contribution in [0.15, 0.2) is 12.3 Å². The molecule has 0 aliphatic carbocycles. The van der Waals surface area contributed by atoms with Crippen LogP contribution >= 0.6 is 11.3 Å². The molecule has 92 valence electrons. The van der Waals surface area contributed by atoms with Gasteiger partial charge in [0, 0.05) is 6.20 Å². The fraction of sp³-hybridized carbons (Fsp3) is 0.545. The molecule has 5 nitrogen and oxygen atoms in total. The van der Waals surface area contributed by atoms with E-state index < -0.39 is 0 Å². The van der Waals surface area contributed by atoms with Crippen LogP contribution in [0.1, 0.15) is 37.7 Å². The second-order valence-corrected chi connectivity index (χ2v) is 4.84. The lowest BCUT2D eigenvalue weighted by Gasteiger charge is -2.12. The average molecular weight is 251 g/mol. The van der Waals surface area contributed by atoms with E-state index in [1.807, 2.05) is 6.07 Å². The normalized spacial score (nSPS) is 12.8. The molecule has 0 saturated carbocycles. The van der Waals surface area contributed by atoms with E-state index in [9.17, 15) is 0 Å². The third-order valence-corrected chi connectivity index (χ3v) is 3.59. The maximum absolute atomic E-state index is 4.25. The molecule has 6 heteroatoms. The first-order chi connectivity index (χ1) is 8.35. The van der Waals surface area contributed by atoms with Crippen LogP contribution in [-0.2, 0) is 0 Å². The van der Waals surface area contributed by atoms with Gasteiger partial charge in [0.15, 0.2) is 5.01 Å². The highest BCUT2D eigenvalue weighted by Gasteiger charge is 2.15. The van der Waals surface area contributed by atoms with Crippen molar-refractivity contribution in [3.05, 3.63) is 17.3 Å². The Balaban J connectivity index is 2.11. The molecule has 0 amide bonds. The molecule has 2 heterocycles. The molecule has 2 aromatic rings. The quantitative estimate of drug-likeness (QED) is 0.827. The molecule has 17 heavy (non-hydrogen) atoms. The molecular weight excluding hydrogens is 234 g/mol. The highest BCUT2D eigenvalue weighted by molar-refractivity contribution is 7.14. The molecule has 0 bridgehead atoms. The topological polar surface area (TPSA) is 66.5 Å². The predicted octanol–water partition coefficient (Wildman–Crippen LogP) is 2.38. The van der Waals surface area contributed by atoms with Crippen molar-refractivity contribution in [1.82, 2.24) is 25.7 Å². The smallest absolute Gasteiger partial charge is 0.165 e. The number of H-pyrrole nitrogens is 1. The summed E-state index contributed by atoms with van der Waals surface area (Å²) in [7, 11) is 0. The van der Waals surface area contributed by atoms with Gasteiger partial charge in [0.05, 0.1) is 11.7 Å². The summed E-state index contributed by atoms with van der Waals surface area (Å²) in [5, 5.41) is 20.7.